The second-order valence-corrected chi connectivity index (χ2v) is 11.7. The first-order chi connectivity index (χ1) is 16.6. The Morgan fingerprint density at radius 2 is 1.57 bits per heavy atom. The fourth-order valence-corrected chi connectivity index (χ4v) is 6.98. The number of hydrogen-bond donors (Lipinski definition) is 0. The highest BCUT2D eigenvalue weighted by Gasteiger charge is 2.48. The molecule has 0 aliphatic heterocycles. The Bertz CT molecular complexity index is 1010. The van der Waals surface area contributed by atoms with Gasteiger partial charge in [0.2, 0.25) is 0 Å². The summed E-state index contributed by atoms with van der Waals surface area (Å²) in [7, 11) is 3.04. The zero-order valence-electron chi connectivity index (χ0n) is 22.3. The van der Waals surface area contributed by atoms with Crippen LogP contribution in [0.1, 0.15) is 73.3 Å². The largest absolute Gasteiger partial charge is 0.497 e. The van der Waals surface area contributed by atoms with Crippen LogP contribution in [0.3, 0.4) is 0 Å². The first-order valence-electron chi connectivity index (χ1n) is 12.6. The Morgan fingerprint density at radius 1 is 1.00 bits per heavy atom. The highest BCUT2D eigenvalue weighted by molar-refractivity contribution is 8.00. The summed E-state index contributed by atoms with van der Waals surface area (Å²) >= 11 is 1.70. The first-order valence-corrected chi connectivity index (χ1v) is 13.6. The van der Waals surface area contributed by atoms with Crippen molar-refractivity contribution in [1.82, 2.24) is 0 Å². The van der Waals surface area contributed by atoms with Crippen LogP contribution in [0.25, 0.3) is 0 Å². The minimum Gasteiger partial charge on any atom is -0.497 e. The lowest BCUT2D eigenvalue weighted by molar-refractivity contribution is -0.146. The fourth-order valence-electron chi connectivity index (χ4n) is 5.56. The van der Waals surface area contributed by atoms with Gasteiger partial charge in [-0.25, -0.2) is 0 Å². The third kappa shape index (κ3) is 6.11. The van der Waals surface area contributed by atoms with Gasteiger partial charge in [-0.1, -0.05) is 43.7 Å². The number of carbonyl (C=O) groups excluding carboxylic acids is 2. The number of benzene rings is 2. The van der Waals surface area contributed by atoms with Gasteiger partial charge in [-0.2, -0.15) is 0 Å². The Hall–Kier alpha value is -2.27. The third-order valence-electron chi connectivity index (χ3n) is 7.63. The lowest BCUT2D eigenvalue weighted by atomic mass is 9.71. The van der Waals surface area contributed by atoms with E-state index >= 15 is 0 Å². The summed E-state index contributed by atoms with van der Waals surface area (Å²) in [6.45, 7) is 10.6. The van der Waals surface area contributed by atoms with Crippen LogP contribution in [-0.2, 0) is 20.1 Å². The molecule has 2 aromatic rings. The number of ether oxygens (including phenoxy) is 2. The van der Waals surface area contributed by atoms with Gasteiger partial charge in [0.05, 0.1) is 19.0 Å². The van der Waals surface area contributed by atoms with Crippen LogP contribution >= 0.6 is 11.8 Å². The molecule has 0 N–H and O–H groups in total. The summed E-state index contributed by atoms with van der Waals surface area (Å²) in [5.74, 6) is 1.37. The zero-order chi connectivity index (χ0) is 25.8. The van der Waals surface area contributed by atoms with Crippen molar-refractivity contribution in [3.63, 3.8) is 0 Å². The average molecular weight is 497 g/mol. The van der Waals surface area contributed by atoms with Crippen molar-refractivity contribution >= 4 is 23.5 Å². The summed E-state index contributed by atoms with van der Waals surface area (Å²) in [6.07, 6.45) is 3.57. The minimum atomic E-state index is -0.903. The van der Waals surface area contributed by atoms with Crippen molar-refractivity contribution in [2.45, 2.75) is 76.7 Å². The van der Waals surface area contributed by atoms with Crippen LogP contribution < -0.4 is 4.74 Å². The Morgan fingerprint density at radius 3 is 2.06 bits per heavy atom. The Kier molecular flexibility index (Phi) is 9.09. The molecule has 190 valence electrons. The van der Waals surface area contributed by atoms with Crippen molar-refractivity contribution in [2.75, 3.05) is 14.2 Å². The standard InChI is InChI=1S/C30H40O4S/c1-19(2)24-12-14-30(15-13-24,35-18-23-8-10-25(33-6)11-9-23)28(31)27(29(32)34-7)26-21(4)16-20(3)17-22(26)5/h8-11,16-17,19,24,27H,12-15,18H2,1-7H3. The molecular formula is C30H40O4S. The van der Waals surface area contributed by atoms with Gasteiger partial charge >= 0.3 is 5.97 Å². The van der Waals surface area contributed by atoms with E-state index in [4.69, 9.17) is 9.47 Å². The van der Waals surface area contributed by atoms with Crippen molar-refractivity contribution in [2.24, 2.45) is 11.8 Å². The number of ketones is 1. The molecule has 1 aliphatic rings. The van der Waals surface area contributed by atoms with Gasteiger partial charge in [-0.15, -0.1) is 11.8 Å². The minimum absolute atomic E-state index is 0.000112. The molecule has 1 fully saturated rings. The molecule has 1 aliphatic carbocycles. The second kappa shape index (κ2) is 11.6. The molecule has 0 bridgehead atoms. The number of carbonyl (C=O) groups is 2. The Balaban J connectivity index is 1.99. The molecule has 3 rings (SSSR count). The number of hydrogen-bond acceptors (Lipinski definition) is 5. The predicted molar refractivity (Wildman–Crippen MR) is 144 cm³/mol. The molecule has 0 spiro atoms. The number of methoxy groups -OCH3 is 2. The molecule has 1 atom stereocenters. The predicted octanol–water partition coefficient (Wildman–Crippen LogP) is 6.96. The smallest absolute Gasteiger partial charge is 0.320 e. The second-order valence-electron chi connectivity index (χ2n) is 10.3. The molecule has 2 aromatic carbocycles. The maximum atomic E-state index is 14.5. The van der Waals surface area contributed by atoms with E-state index in [2.05, 4.69) is 38.1 Å². The van der Waals surface area contributed by atoms with Crippen molar-refractivity contribution in [1.29, 1.82) is 0 Å². The third-order valence-corrected chi connectivity index (χ3v) is 9.27. The van der Waals surface area contributed by atoms with E-state index in [9.17, 15) is 9.59 Å². The van der Waals surface area contributed by atoms with Crippen LogP contribution in [0.15, 0.2) is 36.4 Å². The van der Waals surface area contributed by atoms with E-state index in [1.54, 1.807) is 18.9 Å². The van der Waals surface area contributed by atoms with Gasteiger partial charge in [0, 0.05) is 5.75 Å². The summed E-state index contributed by atoms with van der Waals surface area (Å²) in [6, 6.07) is 12.1. The van der Waals surface area contributed by atoms with Gasteiger partial charge in [0.1, 0.15) is 11.7 Å². The number of aryl methyl sites for hydroxylation is 3. The quantitative estimate of drug-likeness (QED) is 0.277. The van der Waals surface area contributed by atoms with E-state index in [1.165, 1.54) is 7.11 Å². The van der Waals surface area contributed by atoms with Crippen LogP contribution in [0.5, 0.6) is 5.75 Å². The molecule has 0 amide bonds. The van der Waals surface area contributed by atoms with Gasteiger partial charge in [-0.3, -0.25) is 9.59 Å². The Labute approximate surface area is 215 Å². The number of Topliss-reactive ketones (excluding diaryl/α,β-unsaturated/α-hetero) is 1. The molecular weight excluding hydrogens is 456 g/mol. The molecule has 0 radical (unpaired) electrons. The molecule has 1 unspecified atom stereocenters. The molecule has 0 saturated heterocycles. The highest BCUT2D eigenvalue weighted by Crippen LogP contribution is 2.48. The maximum Gasteiger partial charge on any atom is 0.320 e. The molecule has 1 saturated carbocycles. The molecule has 0 heterocycles. The zero-order valence-corrected chi connectivity index (χ0v) is 23.1. The van der Waals surface area contributed by atoms with E-state index in [0.29, 0.717) is 17.6 Å². The van der Waals surface area contributed by atoms with Crippen LogP contribution in [0.2, 0.25) is 0 Å². The SMILES string of the molecule is COC(=O)C(C(=O)C1(SCc2ccc(OC)cc2)CCC(C(C)C)CC1)c1c(C)cc(C)cc1C. The lowest BCUT2D eigenvalue weighted by Crippen LogP contribution is -2.45. The van der Waals surface area contributed by atoms with Crippen LogP contribution in [-0.4, -0.2) is 30.7 Å². The topological polar surface area (TPSA) is 52.6 Å². The number of esters is 1. The van der Waals surface area contributed by atoms with E-state index in [1.807, 2.05) is 32.9 Å². The van der Waals surface area contributed by atoms with E-state index in [0.717, 1.165) is 59.3 Å². The van der Waals surface area contributed by atoms with Crippen molar-refractivity contribution < 1.29 is 19.1 Å². The van der Waals surface area contributed by atoms with Gasteiger partial charge in [0.15, 0.2) is 5.78 Å². The van der Waals surface area contributed by atoms with Gasteiger partial charge in [0.25, 0.3) is 0 Å². The van der Waals surface area contributed by atoms with Gasteiger partial charge in [-0.05, 0) is 92.7 Å². The van der Waals surface area contributed by atoms with Crippen LogP contribution in [0, 0.1) is 32.6 Å². The molecule has 5 heteroatoms. The summed E-state index contributed by atoms with van der Waals surface area (Å²) in [5.41, 5.74) is 5.02. The average Bonchev–Trinajstić information content (AvgIpc) is 2.84. The van der Waals surface area contributed by atoms with E-state index < -0.39 is 16.6 Å². The fraction of sp³-hybridized carbons (Fsp3) is 0.533. The maximum absolute atomic E-state index is 14.5. The molecule has 4 nitrogen and oxygen atoms in total. The summed E-state index contributed by atoms with van der Waals surface area (Å²) in [4.78, 5) is 27.6. The normalized spacial score (nSPS) is 21.0. The molecule has 0 aromatic heterocycles. The van der Waals surface area contributed by atoms with Crippen molar-refractivity contribution in [3.05, 3.63) is 64.2 Å². The van der Waals surface area contributed by atoms with Crippen molar-refractivity contribution in [3.8, 4) is 5.75 Å². The number of rotatable bonds is 9. The van der Waals surface area contributed by atoms with Crippen LogP contribution in [0.4, 0.5) is 0 Å². The van der Waals surface area contributed by atoms with Gasteiger partial charge < -0.3 is 9.47 Å². The van der Waals surface area contributed by atoms with E-state index in [-0.39, 0.29) is 5.78 Å². The lowest BCUT2D eigenvalue weighted by Gasteiger charge is -2.41. The molecule has 35 heavy (non-hydrogen) atoms. The number of thioether (sulfide) groups is 1. The summed E-state index contributed by atoms with van der Waals surface area (Å²) < 4.78 is 9.91. The first kappa shape index (κ1) is 27.3. The highest BCUT2D eigenvalue weighted by atomic mass is 32.2. The summed E-state index contributed by atoms with van der Waals surface area (Å²) in [5, 5.41) is 0. The monoisotopic (exact) mass is 496 g/mol.